The maximum Gasteiger partial charge on any atom is 0.166 e. The molecule has 0 aromatic heterocycles. The number of ether oxygens (including phenoxy) is 1. The second kappa shape index (κ2) is 13.1. The summed E-state index contributed by atoms with van der Waals surface area (Å²) in [5, 5.41) is 32.3. The molecule has 2 fully saturated rings. The van der Waals surface area contributed by atoms with Gasteiger partial charge in [0.1, 0.15) is 12.4 Å². The fraction of sp³-hybridized carbons (Fsp3) is 0.444. The van der Waals surface area contributed by atoms with Gasteiger partial charge in [0.15, 0.2) is 11.7 Å². The number of amidine groups is 2. The van der Waals surface area contributed by atoms with Crippen LogP contribution in [0.15, 0.2) is 18.2 Å². The third-order valence-corrected chi connectivity index (χ3v) is 4.38. The Morgan fingerprint density at radius 3 is 1.90 bits per heavy atom. The Hall–Kier alpha value is -2.24. The van der Waals surface area contributed by atoms with Gasteiger partial charge in [-0.2, -0.15) is 0 Å². The Morgan fingerprint density at radius 2 is 1.50 bits per heavy atom. The first kappa shape index (κ1) is 27.8. The van der Waals surface area contributed by atoms with Crippen molar-refractivity contribution in [3.63, 3.8) is 0 Å². The van der Waals surface area contributed by atoms with Crippen LogP contribution in [0.1, 0.15) is 24.0 Å². The summed E-state index contributed by atoms with van der Waals surface area (Å²) in [6.07, 6.45) is 1.20. The van der Waals surface area contributed by atoms with E-state index in [2.05, 4.69) is 0 Å². The van der Waals surface area contributed by atoms with Crippen molar-refractivity contribution in [2.24, 2.45) is 5.73 Å². The van der Waals surface area contributed by atoms with Gasteiger partial charge in [0.05, 0.1) is 38.7 Å². The maximum absolute atomic E-state index is 7.66. The molecular weight excluding hydrogens is 433 g/mol. The zero-order valence-corrected chi connectivity index (χ0v) is 18.6. The fourth-order valence-electron chi connectivity index (χ4n) is 2.70. The summed E-state index contributed by atoms with van der Waals surface area (Å²) in [6, 6.07) is 5.72. The van der Waals surface area contributed by atoms with Crippen LogP contribution in [-0.4, -0.2) is 60.5 Å². The molecule has 168 valence electrons. The highest BCUT2D eigenvalue weighted by Gasteiger charge is 2.23. The number of hydrogen-bond acceptors (Lipinski definition) is 8. The lowest BCUT2D eigenvalue weighted by Crippen LogP contribution is -2.26. The van der Waals surface area contributed by atoms with Crippen LogP contribution in [0, 0.1) is 21.6 Å². The van der Waals surface area contributed by atoms with E-state index < -0.39 is 0 Å². The summed E-state index contributed by atoms with van der Waals surface area (Å²) < 4.78 is 5.26. The highest BCUT2D eigenvalue weighted by Crippen LogP contribution is 2.21. The molecule has 0 saturated carbocycles. The van der Waals surface area contributed by atoms with Crippen molar-refractivity contribution >= 4 is 47.9 Å². The van der Waals surface area contributed by atoms with Crippen LogP contribution in [-0.2, 0) is 22.8 Å². The fourth-order valence-corrected chi connectivity index (χ4v) is 2.70. The molecule has 0 atom stereocenters. The summed E-state index contributed by atoms with van der Waals surface area (Å²) >= 11 is 0. The van der Waals surface area contributed by atoms with Crippen molar-refractivity contribution < 1.29 is 14.4 Å². The minimum absolute atomic E-state index is 0. The van der Waals surface area contributed by atoms with E-state index in [1.54, 1.807) is 7.11 Å². The second-order valence-corrected chi connectivity index (χ2v) is 6.16. The largest absolute Gasteiger partial charge is 0.496 e. The van der Waals surface area contributed by atoms with Gasteiger partial charge in [-0.3, -0.25) is 20.5 Å². The summed E-state index contributed by atoms with van der Waals surface area (Å²) in [4.78, 5) is 10.3. The molecule has 1 aromatic rings. The Balaban J connectivity index is 0.000000652. The van der Waals surface area contributed by atoms with Crippen molar-refractivity contribution in [1.29, 1.82) is 21.6 Å². The standard InChI is InChI=1S/C13H18N4O2.C5H9N3O.2ClH/c1-18-12-6-9(2-3-10(12)7-14)8-19-17-5-4-11(15)13(17)16;1-9-8-3-2-4(6)5(8)7;;/h2-3,6,15-16H,4-5,7-8,14H2,1H3;6-7H,2-3H2,1H3;2*1H. The highest BCUT2D eigenvalue weighted by molar-refractivity contribution is 6.40. The van der Waals surface area contributed by atoms with Crippen LogP contribution in [0.5, 0.6) is 5.75 Å². The topological polar surface area (TPSA) is 156 Å². The van der Waals surface area contributed by atoms with Gasteiger partial charge in [-0.05, 0) is 11.6 Å². The molecule has 6 N–H and O–H groups in total. The average Bonchev–Trinajstić information content (AvgIpc) is 3.21. The van der Waals surface area contributed by atoms with Crippen LogP contribution in [0.3, 0.4) is 0 Å². The zero-order valence-electron chi connectivity index (χ0n) is 17.0. The van der Waals surface area contributed by atoms with Crippen LogP contribution in [0.4, 0.5) is 0 Å². The van der Waals surface area contributed by atoms with Gasteiger partial charge in [-0.15, -0.1) is 24.8 Å². The molecule has 0 amide bonds. The van der Waals surface area contributed by atoms with Crippen molar-refractivity contribution in [3.8, 4) is 5.75 Å². The number of nitrogens with zero attached hydrogens (tertiary/aromatic N) is 2. The van der Waals surface area contributed by atoms with Gasteiger partial charge in [0.2, 0.25) is 0 Å². The summed E-state index contributed by atoms with van der Waals surface area (Å²) in [7, 11) is 3.11. The molecule has 2 aliphatic heterocycles. The number of rotatable bonds is 6. The van der Waals surface area contributed by atoms with Gasteiger partial charge < -0.3 is 21.3 Å². The molecule has 0 aliphatic carbocycles. The number of hydroxylamine groups is 4. The van der Waals surface area contributed by atoms with Gasteiger partial charge in [-0.25, -0.2) is 10.1 Å². The summed E-state index contributed by atoms with van der Waals surface area (Å²) in [5.41, 5.74) is 8.18. The van der Waals surface area contributed by atoms with Crippen LogP contribution >= 0.6 is 24.8 Å². The van der Waals surface area contributed by atoms with Gasteiger partial charge in [0.25, 0.3) is 0 Å². The smallest absolute Gasteiger partial charge is 0.166 e. The van der Waals surface area contributed by atoms with Gasteiger partial charge >= 0.3 is 0 Å². The second-order valence-electron chi connectivity index (χ2n) is 6.16. The number of methoxy groups -OCH3 is 1. The number of halogens is 2. The lowest BCUT2D eigenvalue weighted by atomic mass is 10.1. The van der Waals surface area contributed by atoms with Crippen molar-refractivity contribution in [2.75, 3.05) is 27.3 Å². The number of benzene rings is 1. The average molecular weight is 462 g/mol. The molecule has 10 nitrogen and oxygen atoms in total. The van der Waals surface area contributed by atoms with E-state index in [-0.39, 0.29) is 36.5 Å². The molecule has 0 spiro atoms. The predicted molar refractivity (Wildman–Crippen MR) is 121 cm³/mol. The Labute approximate surface area is 188 Å². The Kier molecular flexibility index (Phi) is 12.2. The van der Waals surface area contributed by atoms with Crippen LogP contribution < -0.4 is 10.5 Å². The number of nitrogens with two attached hydrogens (primary N) is 1. The molecule has 2 saturated heterocycles. The Morgan fingerprint density at radius 1 is 0.933 bits per heavy atom. The van der Waals surface area contributed by atoms with Crippen molar-refractivity contribution in [1.82, 2.24) is 10.1 Å². The van der Waals surface area contributed by atoms with Gasteiger partial charge in [-0.1, -0.05) is 12.1 Å². The molecule has 30 heavy (non-hydrogen) atoms. The van der Waals surface area contributed by atoms with Crippen LogP contribution in [0.25, 0.3) is 0 Å². The first-order valence-electron chi connectivity index (χ1n) is 8.81. The molecular formula is C18H29Cl2N7O3. The number of nitrogens with one attached hydrogen (secondary N) is 4. The minimum Gasteiger partial charge on any atom is -0.496 e. The number of hydrogen-bond donors (Lipinski definition) is 5. The highest BCUT2D eigenvalue weighted by atomic mass is 35.5. The summed E-state index contributed by atoms with van der Waals surface area (Å²) in [6.45, 7) is 1.99. The Bertz CT molecular complexity index is 776. The maximum atomic E-state index is 7.66. The van der Waals surface area contributed by atoms with Gasteiger partial charge in [0, 0.05) is 24.9 Å². The monoisotopic (exact) mass is 461 g/mol. The van der Waals surface area contributed by atoms with Crippen molar-refractivity contribution in [3.05, 3.63) is 29.3 Å². The third-order valence-electron chi connectivity index (χ3n) is 4.38. The van der Waals surface area contributed by atoms with E-state index in [0.717, 1.165) is 16.9 Å². The van der Waals surface area contributed by atoms with E-state index in [0.29, 0.717) is 50.5 Å². The molecule has 2 aliphatic rings. The SMILES string of the molecule is CON1CCC(=N)C1=N.COc1cc(CON2CCC(=N)C2=N)ccc1CN.Cl.Cl. The molecule has 1 aromatic carbocycles. The van der Waals surface area contributed by atoms with E-state index in [1.165, 1.54) is 17.2 Å². The molecule has 0 unspecified atom stereocenters. The molecule has 0 bridgehead atoms. The first-order chi connectivity index (χ1) is 13.4. The quantitative estimate of drug-likeness (QED) is 0.437. The van der Waals surface area contributed by atoms with Crippen LogP contribution in [0.2, 0.25) is 0 Å². The van der Waals surface area contributed by atoms with E-state index in [9.17, 15) is 0 Å². The summed E-state index contributed by atoms with van der Waals surface area (Å²) in [5.74, 6) is 1.08. The third kappa shape index (κ3) is 6.92. The van der Waals surface area contributed by atoms with Crippen molar-refractivity contribution in [2.45, 2.75) is 26.0 Å². The molecule has 0 radical (unpaired) electrons. The first-order valence-corrected chi connectivity index (χ1v) is 8.81. The molecule has 12 heteroatoms. The minimum atomic E-state index is 0. The van der Waals surface area contributed by atoms with E-state index >= 15 is 0 Å². The zero-order chi connectivity index (χ0) is 20.7. The predicted octanol–water partition coefficient (Wildman–Crippen LogP) is 2.38. The molecule has 3 rings (SSSR count). The van der Waals surface area contributed by atoms with E-state index in [1.807, 2.05) is 18.2 Å². The normalized spacial score (nSPS) is 15.4. The molecule has 2 heterocycles. The lowest BCUT2D eigenvalue weighted by molar-refractivity contribution is -0.104. The lowest BCUT2D eigenvalue weighted by Gasteiger charge is -2.17. The van der Waals surface area contributed by atoms with E-state index in [4.69, 9.17) is 41.8 Å².